The summed E-state index contributed by atoms with van der Waals surface area (Å²) in [5.74, 6) is -1.01. The molecule has 3 heterocycles. The van der Waals surface area contributed by atoms with Gasteiger partial charge in [0.1, 0.15) is 48.9 Å². The van der Waals surface area contributed by atoms with E-state index >= 15 is 0 Å². The number of nitrogens with one attached hydrogen (secondary N) is 1. The van der Waals surface area contributed by atoms with Gasteiger partial charge in [-0.05, 0) is 24.0 Å². The average molecular weight is 489 g/mol. The molecule has 0 bridgehead atoms. The van der Waals surface area contributed by atoms with Gasteiger partial charge in [-0.1, -0.05) is 34.6 Å². The lowest BCUT2D eigenvalue weighted by Crippen LogP contribution is -2.41. The first-order chi connectivity index (χ1) is 16.4. The van der Waals surface area contributed by atoms with Gasteiger partial charge in [-0.2, -0.15) is 10.4 Å². The number of aliphatic hydroxyl groups is 2. The monoisotopic (exact) mass is 488 g/mol. The van der Waals surface area contributed by atoms with Gasteiger partial charge in [0.05, 0.1) is 5.69 Å². The quantitative estimate of drug-likeness (QED) is 0.377. The third-order valence-electron chi connectivity index (χ3n) is 6.49. The molecule has 12 nitrogen and oxygen atoms in total. The molecule has 2 aromatic rings. The van der Waals surface area contributed by atoms with Crippen LogP contribution < -0.4 is 11.1 Å². The van der Waals surface area contributed by atoms with Crippen LogP contribution in [-0.4, -0.2) is 67.6 Å². The molecule has 0 aliphatic carbocycles. The van der Waals surface area contributed by atoms with Crippen molar-refractivity contribution >= 4 is 23.2 Å². The van der Waals surface area contributed by atoms with Gasteiger partial charge in [0.2, 0.25) is 11.5 Å². The summed E-state index contributed by atoms with van der Waals surface area (Å²) in [5, 5.41) is 38.4. The van der Waals surface area contributed by atoms with E-state index in [1.165, 1.54) is 16.9 Å². The topological polar surface area (TPSA) is 185 Å². The predicted molar refractivity (Wildman–Crippen MR) is 124 cm³/mol. The zero-order chi connectivity index (χ0) is 26.1. The molecular formula is C23H32N6O6. The SMILES string of the molecule is CC(C)[C@H](C)C(=O)Nc1ncnn2c([C@]3(C#N)O[C@H](COC(=O)[C@@H](N)C(C)C)[C@@H](O)[C@H]3O)ccc12. The fourth-order valence-electron chi connectivity index (χ4n) is 3.69. The molecule has 190 valence electrons. The molecule has 1 amide bonds. The Morgan fingerprint density at radius 2 is 1.97 bits per heavy atom. The van der Waals surface area contributed by atoms with E-state index in [9.17, 15) is 25.1 Å². The molecule has 6 atom stereocenters. The standard InChI is InChI=1S/C23H32N6O6/c1-11(2)13(5)21(32)28-20-14-6-7-16(29(14)27-10-26-20)23(9-24)19(31)18(30)15(35-23)8-34-22(33)17(25)12(3)4/h6-7,10-13,15,17-19,30-31H,8,25H2,1-5H3,(H,26,27,28,32)/t13-,15+,17-,18+,19+,23-/m0/s1. The highest BCUT2D eigenvalue weighted by atomic mass is 16.6. The highest BCUT2D eigenvalue weighted by molar-refractivity contribution is 5.95. The van der Waals surface area contributed by atoms with Crippen molar-refractivity contribution in [1.82, 2.24) is 14.6 Å². The minimum absolute atomic E-state index is 0.113. The molecule has 2 aromatic heterocycles. The van der Waals surface area contributed by atoms with Gasteiger partial charge in [0.25, 0.3) is 0 Å². The number of hydrogen-bond acceptors (Lipinski definition) is 10. The molecule has 0 aromatic carbocycles. The largest absolute Gasteiger partial charge is 0.462 e. The van der Waals surface area contributed by atoms with Crippen LogP contribution in [0, 0.1) is 29.1 Å². The Kier molecular flexibility index (Phi) is 7.76. The number of aliphatic hydroxyl groups excluding tert-OH is 2. The summed E-state index contributed by atoms with van der Waals surface area (Å²) < 4.78 is 12.3. The number of carbonyl (C=O) groups is 2. The van der Waals surface area contributed by atoms with Crippen LogP contribution >= 0.6 is 0 Å². The lowest BCUT2D eigenvalue weighted by atomic mass is 9.92. The number of fused-ring (bicyclic) bond motifs is 1. The molecule has 12 heteroatoms. The fourth-order valence-corrected chi connectivity index (χ4v) is 3.69. The Hall–Kier alpha value is -3.11. The Labute approximate surface area is 203 Å². The van der Waals surface area contributed by atoms with Crippen molar-refractivity contribution in [3.8, 4) is 6.07 Å². The maximum Gasteiger partial charge on any atom is 0.323 e. The average Bonchev–Trinajstić information content (AvgIpc) is 3.37. The third-order valence-corrected chi connectivity index (χ3v) is 6.49. The van der Waals surface area contributed by atoms with Gasteiger partial charge < -0.3 is 30.7 Å². The molecule has 1 saturated heterocycles. The number of hydrogen-bond donors (Lipinski definition) is 4. The summed E-state index contributed by atoms with van der Waals surface area (Å²) >= 11 is 0. The van der Waals surface area contributed by atoms with Crippen LogP contribution in [0.15, 0.2) is 18.5 Å². The van der Waals surface area contributed by atoms with Crippen LogP contribution in [0.1, 0.15) is 40.3 Å². The second-order valence-corrected chi connectivity index (χ2v) is 9.49. The van der Waals surface area contributed by atoms with Crippen LogP contribution in [0.5, 0.6) is 0 Å². The van der Waals surface area contributed by atoms with E-state index in [0.717, 1.165) is 0 Å². The maximum absolute atomic E-state index is 12.6. The van der Waals surface area contributed by atoms with Gasteiger partial charge in [-0.15, -0.1) is 0 Å². The Morgan fingerprint density at radius 1 is 1.29 bits per heavy atom. The van der Waals surface area contributed by atoms with Gasteiger partial charge in [0, 0.05) is 5.92 Å². The van der Waals surface area contributed by atoms with Crippen molar-refractivity contribution in [2.75, 3.05) is 11.9 Å². The molecule has 0 saturated carbocycles. The number of carbonyl (C=O) groups excluding carboxylic acids is 2. The first kappa shape index (κ1) is 26.5. The van der Waals surface area contributed by atoms with Crippen LogP contribution in [-0.2, 0) is 24.7 Å². The molecule has 1 aliphatic rings. The number of aromatic nitrogens is 3. The first-order valence-corrected chi connectivity index (χ1v) is 11.5. The van der Waals surface area contributed by atoms with Crippen molar-refractivity contribution in [2.45, 2.75) is 64.6 Å². The maximum atomic E-state index is 12.6. The second-order valence-electron chi connectivity index (χ2n) is 9.49. The number of esters is 1. The van der Waals surface area contributed by atoms with E-state index in [0.29, 0.717) is 5.52 Å². The van der Waals surface area contributed by atoms with Gasteiger partial charge in [-0.25, -0.2) is 9.50 Å². The Balaban J connectivity index is 1.89. The van der Waals surface area contributed by atoms with Crippen LogP contribution in [0.3, 0.4) is 0 Å². The summed E-state index contributed by atoms with van der Waals surface area (Å²) in [6.45, 7) is 8.78. The van der Waals surface area contributed by atoms with Crippen LogP contribution in [0.4, 0.5) is 5.82 Å². The van der Waals surface area contributed by atoms with Crippen molar-refractivity contribution in [3.05, 3.63) is 24.2 Å². The molecule has 0 unspecified atom stereocenters. The predicted octanol–water partition coefficient (Wildman–Crippen LogP) is 0.326. The summed E-state index contributed by atoms with van der Waals surface area (Å²) in [6, 6.07) is 4.14. The van der Waals surface area contributed by atoms with E-state index in [1.807, 2.05) is 19.9 Å². The first-order valence-electron chi connectivity index (χ1n) is 11.5. The molecule has 5 N–H and O–H groups in total. The summed E-state index contributed by atoms with van der Waals surface area (Å²) in [4.78, 5) is 28.8. The van der Waals surface area contributed by atoms with E-state index < -0.39 is 42.5 Å². The molecule has 0 radical (unpaired) electrons. The zero-order valence-corrected chi connectivity index (χ0v) is 20.4. The van der Waals surface area contributed by atoms with Crippen LogP contribution in [0.25, 0.3) is 5.52 Å². The second kappa shape index (κ2) is 10.2. The number of anilines is 1. The molecule has 35 heavy (non-hydrogen) atoms. The third kappa shape index (κ3) is 4.85. The van der Waals surface area contributed by atoms with E-state index in [2.05, 4.69) is 15.4 Å². The number of nitrogens with two attached hydrogens (primary N) is 1. The number of nitriles is 1. The minimum atomic E-state index is -2.02. The Morgan fingerprint density at radius 3 is 2.57 bits per heavy atom. The van der Waals surface area contributed by atoms with E-state index in [4.69, 9.17) is 15.2 Å². The highest BCUT2D eigenvalue weighted by Crippen LogP contribution is 2.40. The highest BCUT2D eigenvalue weighted by Gasteiger charge is 2.58. The zero-order valence-electron chi connectivity index (χ0n) is 20.4. The summed E-state index contributed by atoms with van der Waals surface area (Å²) in [6.07, 6.45) is -3.20. The summed E-state index contributed by atoms with van der Waals surface area (Å²) in [5.41, 5.74) is 4.24. The van der Waals surface area contributed by atoms with Gasteiger partial charge in [-0.3, -0.25) is 9.59 Å². The fraction of sp³-hybridized carbons (Fsp3) is 0.609. The van der Waals surface area contributed by atoms with Crippen molar-refractivity contribution in [3.63, 3.8) is 0 Å². The normalized spacial score (nSPS) is 26.0. The summed E-state index contributed by atoms with van der Waals surface area (Å²) in [7, 11) is 0. The van der Waals surface area contributed by atoms with Gasteiger partial charge >= 0.3 is 5.97 Å². The van der Waals surface area contributed by atoms with Crippen LogP contribution in [0.2, 0.25) is 0 Å². The number of amides is 1. The molecule has 1 fully saturated rings. The molecule has 3 rings (SSSR count). The molecular weight excluding hydrogens is 456 g/mol. The van der Waals surface area contributed by atoms with Crippen molar-refractivity contribution in [1.29, 1.82) is 5.26 Å². The van der Waals surface area contributed by atoms with Crippen molar-refractivity contribution < 1.29 is 29.3 Å². The van der Waals surface area contributed by atoms with Crippen molar-refractivity contribution in [2.24, 2.45) is 23.5 Å². The number of nitrogens with zero attached hydrogens (tertiary/aromatic N) is 4. The molecule has 1 aliphatic heterocycles. The minimum Gasteiger partial charge on any atom is -0.462 e. The lowest BCUT2D eigenvalue weighted by Gasteiger charge is -2.24. The Bertz CT molecular complexity index is 1130. The smallest absolute Gasteiger partial charge is 0.323 e. The van der Waals surface area contributed by atoms with E-state index in [1.54, 1.807) is 26.8 Å². The van der Waals surface area contributed by atoms with E-state index in [-0.39, 0.29) is 35.2 Å². The lowest BCUT2D eigenvalue weighted by molar-refractivity contribution is -0.153. The number of ether oxygens (including phenoxy) is 2. The number of rotatable bonds is 8. The molecule has 0 spiro atoms. The van der Waals surface area contributed by atoms with Gasteiger partial charge in [0.15, 0.2) is 5.82 Å².